The molecule has 5 heterocycles. The van der Waals surface area contributed by atoms with E-state index in [1.807, 2.05) is 29.7 Å². The minimum Gasteiger partial charge on any atom is -0.489 e. The molecule has 3 aromatic rings. The number of hydrogen-bond donors (Lipinski definition) is 2. The summed E-state index contributed by atoms with van der Waals surface area (Å²) in [5.41, 5.74) is 2.03. The average Bonchev–Trinajstić information content (AvgIpc) is 3.18. The molecule has 0 spiro atoms. The van der Waals surface area contributed by atoms with E-state index in [1.165, 1.54) is 0 Å². The van der Waals surface area contributed by atoms with Crippen LogP contribution in [0.4, 0.5) is 11.6 Å². The van der Waals surface area contributed by atoms with Crippen LogP contribution in [0.15, 0.2) is 30.6 Å². The molecular weight excluding hydrogens is 422 g/mol. The largest absolute Gasteiger partial charge is 0.489 e. The van der Waals surface area contributed by atoms with Gasteiger partial charge in [0, 0.05) is 57.0 Å². The van der Waals surface area contributed by atoms with Gasteiger partial charge < -0.3 is 29.4 Å². The number of aromatic nitrogens is 4. The van der Waals surface area contributed by atoms with Crippen molar-refractivity contribution in [2.45, 2.75) is 38.8 Å². The summed E-state index contributed by atoms with van der Waals surface area (Å²) in [5.74, 6) is 1.41. The first-order valence-corrected chi connectivity index (χ1v) is 11.4. The van der Waals surface area contributed by atoms with Crippen molar-refractivity contribution in [2.24, 2.45) is 0 Å². The normalized spacial score (nSPS) is 19.6. The first kappa shape index (κ1) is 21.6. The highest BCUT2D eigenvalue weighted by atomic mass is 16.5. The summed E-state index contributed by atoms with van der Waals surface area (Å²) in [4.78, 5) is 19.9. The second-order valence-electron chi connectivity index (χ2n) is 8.66. The predicted molar refractivity (Wildman–Crippen MR) is 124 cm³/mol. The van der Waals surface area contributed by atoms with Gasteiger partial charge in [0.15, 0.2) is 11.6 Å². The zero-order valence-electron chi connectivity index (χ0n) is 19.0. The molecule has 0 aliphatic carbocycles. The number of carbonyl (C=O) groups excluding carboxylic acids is 1. The number of nitrogens with zero attached hydrogens (tertiary/aromatic N) is 5. The Morgan fingerprint density at radius 1 is 1.24 bits per heavy atom. The Kier molecular flexibility index (Phi) is 6.10. The summed E-state index contributed by atoms with van der Waals surface area (Å²) in [6.45, 7) is 8.04. The van der Waals surface area contributed by atoms with Crippen LogP contribution in [0.2, 0.25) is 0 Å². The average molecular weight is 452 g/mol. The van der Waals surface area contributed by atoms with Gasteiger partial charge in [-0.3, -0.25) is 4.79 Å². The van der Waals surface area contributed by atoms with Crippen LogP contribution in [0.25, 0.3) is 5.65 Å². The summed E-state index contributed by atoms with van der Waals surface area (Å²) < 4.78 is 13.5. The fourth-order valence-corrected chi connectivity index (χ4v) is 4.27. The number of ether oxygens (including phenoxy) is 2. The number of amides is 1. The molecule has 10 heteroatoms. The van der Waals surface area contributed by atoms with Gasteiger partial charge in [-0.1, -0.05) is 0 Å². The number of anilines is 2. The number of pyridine rings is 1. The molecule has 5 rings (SSSR count). The second-order valence-corrected chi connectivity index (χ2v) is 8.66. The van der Waals surface area contributed by atoms with Gasteiger partial charge in [-0.25, -0.2) is 4.98 Å². The number of piperazine rings is 1. The van der Waals surface area contributed by atoms with Gasteiger partial charge in [0.25, 0.3) is 5.91 Å². The third-order valence-corrected chi connectivity index (χ3v) is 5.97. The van der Waals surface area contributed by atoms with E-state index in [2.05, 4.69) is 37.6 Å². The van der Waals surface area contributed by atoms with Gasteiger partial charge in [-0.05, 0) is 26.0 Å². The lowest BCUT2D eigenvalue weighted by Gasteiger charge is -2.32. The van der Waals surface area contributed by atoms with Gasteiger partial charge in [0.05, 0.1) is 24.5 Å². The highest BCUT2D eigenvalue weighted by molar-refractivity contribution is 6.05. The van der Waals surface area contributed by atoms with Gasteiger partial charge in [-0.2, -0.15) is 0 Å². The highest BCUT2D eigenvalue weighted by Crippen LogP contribution is 2.26. The molecule has 1 unspecified atom stereocenters. The van der Waals surface area contributed by atoms with E-state index in [0.29, 0.717) is 36.4 Å². The van der Waals surface area contributed by atoms with Crippen LogP contribution in [0.1, 0.15) is 35.8 Å². The van der Waals surface area contributed by atoms with Gasteiger partial charge in [0.2, 0.25) is 0 Å². The number of imidazole rings is 1. The van der Waals surface area contributed by atoms with Gasteiger partial charge in [0.1, 0.15) is 17.5 Å². The van der Waals surface area contributed by atoms with Crippen molar-refractivity contribution in [3.05, 3.63) is 41.9 Å². The number of aryl methyl sites for hydroxylation is 1. The van der Waals surface area contributed by atoms with Gasteiger partial charge in [-0.15, -0.1) is 10.2 Å². The minimum absolute atomic E-state index is 0.00399. The molecule has 33 heavy (non-hydrogen) atoms. The van der Waals surface area contributed by atoms with Crippen LogP contribution >= 0.6 is 0 Å². The van der Waals surface area contributed by atoms with Crippen molar-refractivity contribution in [1.82, 2.24) is 24.9 Å². The van der Waals surface area contributed by atoms with Crippen LogP contribution < -0.4 is 20.3 Å². The Labute approximate surface area is 192 Å². The first-order valence-electron chi connectivity index (χ1n) is 11.4. The van der Waals surface area contributed by atoms with E-state index in [-0.39, 0.29) is 12.0 Å². The lowest BCUT2D eigenvalue weighted by Crippen LogP contribution is -2.49. The molecule has 2 N–H and O–H groups in total. The fraction of sp³-hybridized carbons (Fsp3) is 0.478. The fourth-order valence-electron chi connectivity index (χ4n) is 4.27. The van der Waals surface area contributed by atoms with E-state index in [4.69, 9.17) is 9.47 Å². The van der Waals surface area contributed by atoms with Crippen molar-refractivity contribution in [1.29, 1.82) is 0 Å². The van der Waals surface area contributed by atoms with Crippen molar-refractivity contribution in [2.75, 3.05) is 43.1 Å². The molecule has 2 aliphatic rings. The molecule has 0 saturated carbocycles. The van der Waals surface area contributed by atoms with E-state index in [9.17, 15) is 4.79 Å². The number of nitrogens with one attached hydrogen (secondary N) is 2. The SMILES string of the molecule is Cc1cn2cc(C(=O)Nc3ccc(N4CCNC(C)C4)nn3)c(OC3CCOCC3)cc2n1. The van der Waals surface area contributed by atoms with Crippen LogP contribution in [-0.2, 0) is 4.74 Å². The van der Waals surface area contributed by atoms with E-state index >= 15 is 0 Å². The number of rotatable bonds is 5. The molecule has 174 valence electrons. The Morgan fingerprint density at radius 3 is 2.85 bits per heavy atom. The van der Waals surface area contributed by atoms with Crippen molar-refractivity contribution in [3.8, 4) is 5.75 Å². The maximum absolute atomic E-state index is 13.2. The predicted octanol–water partition coefficient (Wildman–Crippen LogP) is 2.04. The monoisotopic (exact) mass is 451 g/mol. The molecule has 3 aromatic heterocycles. The van der Waals surface area contributed by atoms with Crippen LogP contribution in [-0.4, -0.2) is 70.5 Å². The number of carbonyl (C=O) groups is 1. The van der Waals surface area contributed by atoms with E-state index in [1.54, 1.807) is 12.3 Å². The first-order chi connectivity index (χ1) is 16.0. The molecule has 0 bridgehead atoms. The summed E-state index contributed by atoms with van der Waals surface area (Å²) in [7, 11) is 0. The second kappa shape index (κ2) is 9.32. The molecule has 2 saturated heterocycles. The molecule has 0 radical (unpaired) electrons. The Bertz CT molecular complexity index is 1130. The summed E-state index contributed by atoms with van der Waals surface area (Å²) in [5, 5.41) is 14.8. The van der Waals surface area contributed by atoms with Gasteiger partial charge >= 0.3 is 0 Å². The Balaban J connectivity index is 1.36. The summed E-state index contributed by atoms with van der Waals surface area (Å²) >= 11 is 0. The van der Waals surface area contributed by atoms with Crippen molar-refractivity contribution < 1.29 is 14.3 Å². The minimum atomic E-state index is -0.303. The van der Waals surface area contributed by atoms with Crippen molar-refractivity contribution in [3.63, 3.8) is 0 Å². The molecule has 2 fully saturated rings. The van der Waals surface area contributed by atoms with Crippen molar-refractivity contribution >= 4 is 23.2 Å². The molecular formula is C23H29N7O3. The third-order valence-electron chi connectivity index (χ3n) is 5.97. The smallest absolute Gasteiger partial charge is 0.262 e. The lowest BCUT2D eigenvalue weighted by atomic mass is 10.1. The number of hydrogen-bond acceptors (Lipinski definition) is 8. The summed E-state index contributed by atoms with van der Waals surface area (Å²) in [6.07, 6.45) is 5.22. The third kappa shape index (κ3) is 4.91. The highest BCUT2D eigenvalue weighted by Gasteiger charge is 2.22. The molecule has 10 nitrogen and oxygen atoms in total. The Hall–Kier alpha value is -3.24. The van der Waals surface area contributed by atoms with Crippen LogP contribution in [0, 0.1) is 6.92 Å². The van der Waals surface area contributed by atoms with Crippen LogP contribution in [0.5, 0.6) is 5.75 Å². The lowest BCUT2D eigenvalue weighted by molar-refractivity contribution is 0.0253. The topological polar surface area (TPSA) is 106 Å². The zero-order valence-corrected chi connectivity index (χ0v) is 19.0. The quantitative estimate of drug-likeness (QED) is 0.607. The van der Waals surface area contributed by atoms with E-state index < -0.39 is 0 Å². The molecule has 2 aliphatic heterocycles. The Morgan fingerprint density at radius 2 is 2.09 bits per heavy atom. The molecule has 1 amide bonds. The van der Waals surface area contributed by atoms with E-state index in [0.717, 1.165) is 49.6 Å². The number of fused-ring (bicyclic) bond motifs is 1. The maximum Gasteiger partial charge on any atom is 0.262 e. The standard InChI is InChI=1S/C23H29N7O3/c1-15-12-29(8-7-24-15)21-4-3-20(27-28-21)26-23(31)18-14-30-13-16(2)25-22(30)11-19(18)33-17-5-9-32-10-6-17/h3-4,11,13-15,17,24H,5-10,12H2,1-2H3,(H,26,27,31). The molecule has 1 atom stereocenters. The molecule has 0 aromatic carbocycles. The maximum atomic E-state index is 13.2. The van der Waals surface area contributed by atoms with Crippen LogP contribution in [0.3, 0.4) is 0 Å². The zero-order chi connectivity index (χ0) is 22.8. The summed E-state index contributed by atoms with van der Waals surface area (Å²) in [6, 6.07) is 5.89.